The molecule has 5 heteroatoms. The molecule has 2 aromatic rings. The number of methoxy groups -OCH3 is 1. The van der Waals surface area contributed by atoms with Crippen molar-refractivity contribution in [1.29, 1.82) is 0 Å². The maximum atomic E-state index is 11.7. The molecule has 0 fully saturated rings. The third-order valence-corrected chi connectivity index (χ3v) is 3.68. The molecule has 0 aliphatic carbocycles. The number of benzene rings is 1. The summed E-state index contributed by atoms with van der Waals surface area (Å²) < 4.78 is 6.88. The van der Waals surface area contributed by atoms with Crippen LogP contribution in [0, 0.1) is 13.8 Å². The van der Waals surface area contributed by atoms with Crippen LogP contribution in [0.5, 0.6) is 0 Å². The van der Waals surface area contributed by atoms with Gasteiger partial charge in [0.1, 0.15) is 0 Å². The summed E-state index contributed by atoms with van der Waals surface area (Å²) in [6.45, 7) is 5.38. The van der Waals surface area contributed by atoms with Crippen LogP contribution in [0.25, 0.3) is 5.69 Å². The second-order valence-electron chi connectivity index (χ2n) is 5.70. The van der Waals surface area contributed by atoms with Gasteiger partial charge in [-0.05, 0) is 50.5 Å². The highest BCUT2D eigenvalue weighted by molar-refractivity contribution is 5.76. The van der Waals surface area contributed by atoms with E-state index in [1.165, 1.54) is 0 Å². The molecule has 0 radical (unpaired) electrons. The van der Waals surface area contributed by atoms with Crippen molar-refractivity contribution >= 4 is 5.91 Å². The largest absolute Gasteiger partial charge is 0.385 e. The number of ether oxygens (including phenoxy) is 1. The maximum Gasteiger partial charge on any atom is 0.220 e. The van der Waals surface area contributed by atoms with E-state index < -0.39 is 0 Å². The van der Waals surface area contributed by atoms with Gasteiger partial charge in [0.2, 0.25) is 5.91 Å². The minimum absolute atomic E-state index is 0.0868. The molecule has 1 amide bonds. The maximum absolute atomic E-state index is 11.7. The molecule has 1 N–H and O–H groups in total. The van der Waals surface area contributed by atoms with Gasteiger partial charge >= 0.3 is 0 Å². The van der Waals surface area contributed by atoms with Crippen LogP contribution in [0.4, 0.5) is 0 Å². The number of nitrogens with one attached hydrogen (secondary N) is 1. The Morgan fingerprint density at radius 1 is 1.26 bits per heavy atom. The van der Waals surface area contributed by atoms with Gasteiger partial charge in [-0.25, -0.2) is 4.68 Å². The van der Waals surface area contributed by atoms with E-state index in [1.807, 2.05) is 30.7 Å². The van der Waals surface area contributed by atoms with Crippen LogP contribution in [0.3, 0.4) is 0 Å². The van der Waals surface area contributed by atoms with Gasteiger partial charge in [-0.15, -0.1) is 0 Å². The number of carbonyl (C=O) groups excluding carboxylic acids is 1. The van der Waals surface area contributed by atoms with Gasteiger partial charge in [-0.2, -0.15) is 5.10 Å². The molecule has 0 saturated heterocycles. The summed E-state index contributed by atoms with van der Waals surface area (Å²) in [6, 6.07) is 10.3. The Kier molecular flexibility index (Phi) is 6.35. The number of carbonyl (C=O) groups is 1. The highest BCUT2D eigenvalue weighted by Gasteiger charge is 2.05. The molecule has 5 nitrogen and oxygen atoms in total. The summed E-state index contributed by atoms with van der Waals surface area (Å²) in [5, 5.41) is 7.38. The summed E-state index contributed by atoms with van der Waals surface area (Å²) in [5.74, 6) is 0.0868. The van der Waals surface area contributed by atoms with Crippen LogP contribution < -0.4 is 5.32 Å². The van der Waals surface area contributed by atoms with Crippen LogP contribution >= 0.6 is 0 Å². The number of amides is 1. The molecule has 2 rings (SSSR count). The minimum atomic E-state index is 0.0868. The van der Waals surface area contributed by atoms with Gasteiger partial charge in [0.05, 0.1) is 11.4 Å². The van der Waals surface area contributed by atoms with E-state index in [9.17, 15) is 4.79 Å². The van der Waals surface area contributed by atoms with E-state index in [4.69, 9.17) is 4.74 Å². The van der Waals surface area contributed by atoms with E-state index >= 15 is 0 Å². The van der Waals surface area contributed by atoms with Crippen LogP contribution in [-0.2, 0) is 16.0 Å². The molecular formula is C18H25N3O2. The first-order valence-electron chi connectivity index (χ1n) is 7.98. The molecule has 0 atom stereocenters. The van der Waals surface area contributed by atoms with Crippen molar-refractivity contribution in [3.8, 4) is 5.69 Å². The van der Waals surface area contributed by atoms with Gasteiger partial charge in [-0.1, -0.05) is 12.1 Å². The van der Waals surface area contributed by atoms with Gasteiger partial charge in [0.25, 0.3) is 0 Å². The Bertz CT molecular complexity index is 632. The highest BCUT2D eigenvalue weighted by atomic mass is 16.5. The number of hydrogen-bond donors (Lipinski definition) is 1. The predicted molar refractivity (Wildman–Crippen MR) is 90.9 cm³/mol. The molecule has 0 bridgehead atoms. The van der Waals surface area contributed by atoms with Gasteiger partial charge in [0, 0.05) is 32.4 Å². The fourth-order valence-electron chi connectivity index (χ4n) is 2.48. The normalized spacial score (nSPS) is 10.7. The molecule has 1 aromatic heterocycles. The zero-order valence-corrected chi connectivity index (χ0v) is 14.1. The van der Waals surface area contributed by atoms with Crippen molar-refractivity contribution in [3.63, 3.8) is 0 Å². The van der Waals surface area contributed by atoms with Crippen molar-refractivity contribution < 1.29 is 9.53 Å². The second-order valence-corrected chi connectivity index (χ2v) is 5.70. The molecule has 0 unspecified atom stereocenters. The number of aryl methyl sites for hydroxylation is 3. The first-order valence-corrected chi connectivity index (χ1v) is 7.98. The van der Waals surface area contributed by atoms with E-state index in [0.29, 0.717) is 19.6 Å². The fourth-order valence-corrected chi connectivity index (χ4v) is 2.48. The Morgan fingerprint density at radius 3 is 2.61 bits per heavy atom. The van der Waals surface area contributed by atoms with Crippen LogP contribution in [0.1, 0.15) is 29.8 Å². The summed E-state index contributed by atoms with van der Waals surface area (Å²) in [4.78, 5) is 11.7. The average Bonchev–Trinajstić information content (AvgIpc) is 2.88. The Labute approximate surface area is 137 Å². The van der Waals surface area contributed by atoms with E-state index in [0.717, 1.165) is 35.5 Å². The predicted octanol–water partition coefficient (Wildman–Crippen LogP) is 2.57. The van der Waals surface area contributed by atoms with Crippen LogP contribution in [0.2, 0.25) is 0 Å². The molecular weight excluding hydrogens is 290 g/mol. The van der Waals surface area contributed by atoms with Crippen LogP contribution in [0.15, 0.2) is 30.3 Å². The number of rotatable bonds is 8. The molecule has 1 aromatic carbocycles. The Balaban J connectivity index is 1.83. The molecule has 0 aliphatic rings. The standard InChI is InChI=1S/C18H25N3O2/c1-14-13-15(2)21(20-14)17-8-5-16(6-9-17)7-10-18(22)19-11-4-12-23-3/h5-6,8-9,13H,4,7,10-12H2,1-3H3,(H,19,22). The first-order chi connectivity index (χ1) is 11.1. The van der Waals surface area contributed by atoms with Crippen molar-refractivity contribution in [2.75, 3.05) is 20.3 Å². The molecule has 0 saturated carbocycles. The Hall–Kier alpha value is -2.14. The zero-order valence-electron chi connectivity index (χ0n) is 14.1. The van der Waals surface area contributed by atoms with E-state index in [-0.39, 0.29) is 5.91 Å². The molecule has 124 valence electrons. The first kappa shape index (κ1) is 17.2. The van der Waals surface area contributed by atoms with Crippen LogP contribution in [-0.4, -0.2) is 35.9 Å². The smallest absolute Gasteiger partial charge is 0.220 e. The van der Waals surface area contributed by atoms with Gasteiger partial charge < -0.3 is 10.1 Å². The SMILES string of the molecule is COCCCNC(=O)CCc1ccc(-n2nc(C)cc2C)cc1. The third kappa shape index (κ3) is 5.21. The van der Waals surface area contributed by atoms with Gasteiger partial charge in [-0.3, -0.25) is 4.79 Å². The summed E-state index contributed by atoms with van der Waals surface area (Å²) in [6.07, 6.45) is 2.10. The van der Waals surface area contributed by atoms with Crippen molar-refractivity contribution in [2.24, 2.45) is 0 Å². The van der Waals surface area contributed by atoms with Crippen molar-refractivity contribution in [3.05, 3.63) is 47.3 Å². The summed E-state index contributed by atoms with van der Waals surface area (Å²) in [5.41, 5.74) is 4.33. The lowest BCUT2D eigenvalue weighted by Gasteiger charge is -2.07. The highest BCUT2D eigenvalue weighted by Crippen LogP contribution is 2.13. The third-order valence-electron chi connectivity index (χ3n) is 3.68. The monoisotopic (exact) mass is 315 g/mol. The van der Waals surface area contributed by atoms with E-state index in [2.05, 4.69) is 28.6 Å². The van der Waals surface area contributed by atoms with Crippen molar-refractivity contribution in [1.82, 2.24) is 15.1 Å². The summed E-state index contributed by atoms with van der Waals surface area (Å²) >= 11 is 0. The number of aromatic nitrogens is 2. The van der Waals surface area contributed by atoms with Crippen molar-refractivity contribution in [2.45, 2.75) is 33.1 Å². The summed E-state index contributed by atoms with van der Waals surface area (Å²) in [7, 11) is 1.66. The molecule has 1 heterocycles. The average molecular weight is 315 g/mol. The lowest BCUT2D eigenvalue weighted by molar-refractivity contribution is -0.121. The lowest BCUT2D eigenvalue weighted by atomic mass is 10.1. The molecule has 0 spiro atoms. The lowest BCUT2D eigenvalue weighted by Crippen LogP contribution is -2.25. The molecule has 23 heavy (non-hydrogen) atoms. The number of nitrogens with zero attached hydrogens (tertiary/aromatic N) is 2. The van der Waals surface area contributed by atoms with E-state index in [1.54, 1.807) is 7.11 Å². The second kappa shape index (κ2) is 8.48. The zero-order chi connectivity index (χ0) is 16.7. The minimum Gasteiger partial charge on any atom is -0.385 e. The number of hydrogen-bond acceptors (Lipinski definition) is 3. The van der Waals surface area contributed by atoms with Gasteiger partial charge in [0.15, 0.2) is 0 Å². The fraction of sp³-hybridized carbons (Fsp3) is 0.444. The quantitative estimate of drug-likeness (QED) is 0.762. The molecule has 0 aliphatic heterocycles. The Morgan fingerprint density at radius 2 is 2.00 bits per heavy atom. The topological polar surface area (TPSA) is 56.1 Å².